The third-order valence-corrected chi connectivity index (χ3v) is 4.51. The smallest absolute Gasteiger partial charge is 0.490 e. The van der Waals surface area contributed by atoms with Crippen LogP contribution in [0.15, 0.2) is 22.6 Å². The highest BCUT2D eigenvalue weighted by molar-refractivity contribution is 5.87. The maximum absolute atomic E-state index is 11.1. The summed E-state index contributed by atoms with van der Waals surface area (Å²) in [7, 11) is 1.60. The number of benzene rings is 1. The molecule has 1 aromatic carbocycles. The topological polar surface area (TPSA) is 151 Å². The second kappa shape index (κ2) is 8.53. The van der Waals surface area contributed by atoms with Crippen molar-refractivity contribution in [3.05, 3.63) is 35.2 Å². The fraction of sp³-hybridized carbons (Fsp3) is 0.333. The Hall–Kier alpha value is -3.77. The Morgan fingerprint density at radius 3 is 2.65 bits per heavy atom. The van der Waals surface area contributed by atoms with Crippen molar-refractivity contribution in [3.8, 4) is 5.75 Å². The molecule has 0 bridgehead atoms. The van der Waals surface area contributed by atoms with Crippen LogP contribution in [0.25, 0.3) is 11.1 Å². The van der Waals surface area contributed by atoms with Gasteiger partial charge in [0.15, 0.2) is 11.3 Å². The number of aliphatic carboxylic acids is 1. The summed E-state index contributed by atoms with van der Waals surface area (Å²) in [6.45, 7) is 0. The Morgan fingerprint density at radius 1 is 1.32 bits per heavy atom. The minimum Gasteiger partial charge on any atom is -0.497 e. The second-order valence-electron chi connectivity index (χ2n) is 6.57. The number of carbonyl (C=O) groups is 2. The number of hydrogen-bond acceptors (Lipinski definition) is 7. The molecule has 1 aliphatic carbocycles. The number of halogens is 3. The van der Waals surface area contributed by atoms with Gasteiger partial charge in [-0.2, -0.15) is 23.3 Å². The molecule has 31 heavy (non-hydrogen) atoms. The van der Waals surface area contributed by atoms with Crippen molar-refractivity contribution < 1.29 is 42.1 Å². The van der Waals surface area contributed by atoms with E-state index in [4.69, 9.17) is 24.2 Å². The number of hydrogen-bond donors (Lipinski definition) is 4. The molecule has 13 heteroatoms. The lowest BCUT2D eigenvalue weighted by molar-refractivity contribution is -0.192. The summed E-state index contributed by atoms with van der Waals surface area (Å²) in [4.78, 5) is 24.4. The van der Waals surface area contributed by atoms with Crippen LogP contribution in [0.1, 0.15) is 28.2 Å². The van der Waals surface area contributed by atoms with Gasteiger partial charge in [-0.15, -0.1) is 0 Å². The number of H-pyrrole nitrogens is 1. The summed E-state index contributed by atoms with van der Waals surface area (Å²) < 4.78 is 42.6. The third-order valence-electron chi connectivity index (χ3n) is 4.51. The zero-order chi connectivity index (χ0) is 22.8. The van der Waals surface area contributed by atoms with Gasteiger partial charge in [0.1, 0.15) is 11.3 Å². The maximum Gasteiger partial charge on any atom is 0.490 e. The van der Waals surface area contributed by atoms with Gasteiger partial charge in [-0.1, -0.05) is 0 Å². The van der Waals surface area contributed by atoms with Crippen LogP contribution in [0.4, 0.5) is 19.2 Å². The maximum atomic E-state index is 11.1. The van der Waals surface area contributed by atoms with Crippen LogP contribution >= 0.6 is 0 Å². The Balaban J connectivity index is 0.000000339. The van der Waals surface area contributed by atoms with E-state index in [0.717, 1.165) is 23.2 Å². The van der Waals surface area contributed by atoms with Crippen molar-refractivity contribution in [3.63, 3.8) is 0 Å². The average molecular weight is 442 g/mol. The lowest BCUT2D eigenvalue weighted by Gasteiger charge is -2.22. The van der Waals surface area contributed by atoms with Crippen molar-refractivity contribution in [2.24, 2.45) is 0 Å². The number of aromatic carboxylic acids is 1. The van der Waals surface area contributed by atoms with Gasteiger partial charge < -0.3 is 24.7 Å². The number of ether oxygens (including phenoxy) is 1. The van der Waals surface area contributed by atoms with Gasteiger partial charge in [-0.3, -0.25) is 5.10 Å². The summed E-state index contributed by atoms with van der Waals surface area (Å²) >= 11 is 0. The normalized spacial score (nSPS) is 15.5. The third kappa shape index (κ3) is 5.05. The second-order valence-corrected chi connectivity index (χ2v) is 6.57. The predicted molar refractivity (Wildman–Crippen MR) is 99.2 cm³/mol. The number of carboxylic acid groups (broad SMARTS) is 2. The fourth-order valence-corrected chi connectivity index (χ4v) is 3.07. The van der Waals surface area contributed by atoms with E-state index in [2.05, 4.69) is 20.5 Å². The monoisotopic (exact) mass is 442 g/mol. The Bertz CT molecular complexity index is 1110. The molecule has 3 aromatic rings. The van der Waals surface area contributed by atoms with Gasteiger partial charge >= 0.3 is 18.1 Å². The number of oxazole rings is 1. The minimum absolute atomic E-state index is 0.106. The number of alkyl halides is 3. The molecule has 1 atom stereocenters. The number of aromatic amines is 1. The molecule has 2 aromatic heterocycles. The van der Waals surface area contributed by atoms with Crippen molar-refractivity contribution in [1.82, 2.24) is 15.2 Å². The highest BCUT2D eigenvalue weighted by Gasteiger charge is 2.38. The first kappa shape index (κ1) is 21.9. The van der Waals surface area contributed by atoms with Crippen molar-refractivity contribution in [2.45, 2.75) is 31.5 Å². The first-order valence-corrected chi connectivity index (χ1v) is 8.89. The molecule has 0 amide bonds. The fourth-order valence-electron chi connectivity index (χ4n) is 3.07. The Labute approximate surface area is 172 Å². The van der Waals surface area contributed by atoms with Gasteiger partial charge in [0.05, 0.1) is 7.11 Å². The highest BCUT2D eigenvalue weighted by atomic mass is 19.4. The SMILES string of the molecule is COc1ccc2nc(NC3CCc4c(C(=O)O)n[nH]c4C3)oc2c1.O=C(O)C(F)(F)F. The van der Waals surface area contributed by atoms with Crippen LogP contribution < -0.4 is 10.1 Å². The van der Waals surface area contributed by atoms with E-state index in [1.54, 1.807) is 13.2 Å². The summed E-state index contributed by atoms with van der Waals surface area (Å²) in [6.07, 6.45) is -2.99. The van der Waals surface area contributed by atoms with Gasteiger partial charge in [0.2, 0.25) is 0 Å². The van der Waals surface area contributed by atoms with Crippen molar-refractivity contribution >= 4 is 29.1 Å². The zero-order valence-electron chi connectivity index (χ0n) is 16.0. The van der Waals surface area contributed by atoms with E-state index in [-0.39, 0.29) is 11.7 Å². The number of aromatic nitrogens is 3. The molecule has 2 heterocycles. The largest absolute Gasteiger partial charge is 0.497 e. The number of rotatable bonds is 4. The van der Waals surface area contributed by atoms with Crippen molar-refractivity contribution in [1.29, 1.82) is 0 Å². The number of nitrogens with zero attached hydrogens (tertiary/aromatic N) is 2. The van der Waals surface area contributed by atoms with E-state index in [9.17, 15) is 18.0 Å². The highest BCUT2D eigenvalue weighted by Crippen LogP contribution is 2.27. The molecule has 0 saturated heterocycles. The predicted octanol–water partition coefficient (Wildman–Crippen LogP) is 2.86. The molecule has 166 valence electrons. The number of carboxylic acids is 2. The van der Waals surface area contributed by atoms with Gasteiger partial charge in [-0.25, -0.2) is 9.59 Å². The molecule has 0 saturated carbocycles. The number of methoxy groups -OCH3 is 1. The average Bonchev–Trinajstić information content (AvgIpc) is 3.30. The van der Waals surface area contributed by atoms with Crippen LogP contribution in [-0.2, 0) is 17.6 Å². The Kier molecular flexibility index (Phi) is 6.04. The van der Waals surface area contributed by atoms with Crippen LogP contribution in [-0.4, -0.2) is 56.7 Å². The first-order chi connectivity index (χ1) is 14.6. The zero-order valence-corrected chi connectivity index (χ0v) is 16.0. The van der Waals surface area contributed by atoms with Gasteiger partial charge in [0.25, 0.3) is 6.01 Å². The summed E-state index contributed by atoms with van der Waals surface area (Å²) in [5, 5.41) is 26.2. The molecule has 0 spiro atoms. The number of anilines is 1. The lowest BCUT2D eigenvalue weighted by Crippen LogP contribution is -2.27. The molecular weight excluding hydrogens is 425 g/mol. The first-order valence-electron chi connectivity index (χ1n) is 8.89. The van der Waals surface area contributed by atoms with E-state index in [0.29, 0.717) is 30.2 Å². The molecule has 4 N–H and O–H groups in total. The number of fused-ring (bicyclic) bond motifs is 2. The van der Waals surface area contributed by atoms with Crippen LogP contribution in [0.2, 0.25) is 0 Å². The van der Waals surface area contributed by atoms with Crippen LogP contribution in [0.3, 0.4) is 0 Å². The van der Waals surface area contributed by atoms with Gasteiger partial charge in [0, 0.05) is 29.8 Å². The van der Waals surface area contributed by atoms with Crippen molar-refractivity contribution in [2.75, 3.05) is 12.4 Å². The van der Waals surface area contributed by atoms with Crippen LogP contribution in [0, 0.1) is 0 Å². The summed E-state index contributed by atoms with van der Waals surface area (Å²) in [6, 6.07) is 6.02. The molecule has 1 aliphatic rings. The lowest BCUT2D eigenvalue weighted by atomic mass is 9.92. The molecule has 1 unspecified atom stereocenters. The quantitative estimate of drug-likeness (QED) is 0.478. The van der Waals surface area contributed by atoms with E-state index < -0.39 is 18.1 Å². The molecule has 0 radical (unpaired) electrons. The van der Waals surface area contributed by atoms with E-state index in [1.807, 2.05) is 12.1 Å². The number of nitrogens with one attached hydrogen (secondary N) is 2. The minimum atomic E-state index is -5.08. The van der Waals surface area contributed by atoms with Crippen LogP contribution in [0.5, 0.6) is 5.75 Å². The standard InChI is InChI=1S/C16H16N4O4.C2HF3O2/c1-23-9-3-5-11-13(7-9)24-16(18-11)17-8-2-4-10-12(6-8)19-20-14(10)15(21)22;3-2(4,5)1(6)7/h3,5,7-8H,2,4,6H2,1H3,(H,17,18)(H,19,20)(H,21,22);(H,6,7). The van der Waals surface area contributed by atoms with Gasteiger partial charge in [-0.05, 0) is 25.0 Å². The molecule has 4 rings (SSSR count). The van der Waals surface area contributed by atoms with E-state index >= 15 is 0 Å². The molecule has 0 aliphatic heterocycles. The summed E-state index contributed by atoms with van der Waals surface area (Å²) in [5.74, 6) is -3.04. The summed E-state index contributed by atoms with van der Waals surface area (Å²) in [5.41, 5.74) is 3.18. The van der Waals surface area contributed by atoms with E-state index in [1.165, 1.54) is 0 Å². The molecule has 10 nitrogen and oxygen atoms in total. The molecule has 0 fully saturated rings. The molecular formula is C18H17F3N4O6. The Morgan fingerprint density at radius 2 is 2.03 bits per heavy atom.